The number of rotatable bonds is 8. The summed E-state index contributed by atoms with van der Waals surface area (Å²) in [6.07, 6.45) is 3.04. The van der Waals surface area contributed by atoms with Crippen molar-refractivity contribution in [1.82, 2.24) is 4.72 Å². The zero-order valence-corrected chi connectivity index (χ0v) is 17.7. The fourth-order valence-electron chi connectivity index (χ4n) is 3.29. The quantitative estimate of drug-likeness (QED) is 0.534. The third-order valence-electron chi connectivity index (χ3n) is 5.75. The topological polar surface area (TPSA) is 116 Å². The van der Waals surface area contributed by atoms with E-state index in [1.165, 1.54) is 7.11 Å². The molecule has 3 aliphatic rings. The lowest BCUT2D eigenvalue weighted by Gasteiger charge is -2.11. The van der Waals surface area contributed by atoms with E-state index in [2.05, 4.69) is 4.74 Å². The second-order valence-electron chi connectivity index (χ2n) is 7.88. The van der Waals surface area contributed by atoms with Gasteiger partial charge in [0.25, 0.3) is 5.91 Å². The number of carbonyl (C=O) groups is 2. The van der Waals surface area contributed by atoms with Gasteiger partial charge in [0.1, 0.15) is 0 Å². The van der Waals surface area contributed by atoms with Crippen LogP contribution in [-0.2, 0) is 24.3 Å². The Morgan fingerprint density at radius 2 is 1.66 bits per heavy atom. The molecule has 0 bridgehead atoms. The number of hydrogen-bond donors (Lipinski definition) is 2. The van der Waals surface area contributed by atoms with E-state index in [-0.39, 0.29) is 56.1 Å². The number of amides is 1. The zero-order chi connectivity index (χ0) is 20.5. The van der Waals surface area contributed by atoms with Crippen molar-refractivity contribution >= 4 is 34.3 Å². The highest BCUT2D eigenvalue weighted by atomic mass is 35.5. The summed E-state index contributed by atoms with van der Waals surface area (Å²) in [6.45, 7) is 0.961. The van der Waals surface area contributed by atoms with Crippen molar-refractivity contribution in [2.75, 3.05) is 20.5 Å². The second-order valence-corrected chi connectivity index (χ2v) is 9.84. The van der Waals surface area contributed by atoms with Gasteiger partial charge in [-0.1, -0.05) is 7.43 Å². The molecule has 4 atom stereocenters. The number of esters is 1. The molecule has 0 aromatic rings. The van der Waals surface area contributed by atoms with E-state index < -0.39 is 33.4 Å². The highest BCUT2D eigenvalue weighted by Crippen LogP contribution is 2.54. The van der Waals surface area contributed by atoms with Crippen molar-refractivity contribution in [1.29, 1.82) is 0 Å². The van der Waals surface area contributed by atoms with Crippen LogP contribution in [0, 0.1) is 17.3 Å². The first-order chi connectivity index (χ1) is 12.5. The molecule has 0 radical (unpaired) electrons. The van der Waals surface area contributed by atoms with Crippen molar-refractivity contribution < 1.29 is 31.5 Å². The standard InChI is InChI=1S/C9H15FN2O3S.C8H13FO2.CH4.ClH/c10-4-3-6-5-9(6,11)8(13)12-16(14,15)7-1-2-7;1-8(7(10)11-2)5-6(8)3-4-9;;/h6-7H,1-5,11H2,(H,12,13);6H,3-5H2,1-2H3;1H4;1H/t6-,9-;6-,8+;;/m11../s1. The monoisotopic (exact) mass is 462 g/mol. The first-order valence-corrected chi connectivity index (χ1v) is 10.6. The molecule has 0 aliphatic heterocycles. The van der Waals surface area contributed by atoms with Crippen molar-refractivity contribution in [3.8, 4) is 0 Å². The predicted molar refractivity (Wildman–Crippen MR) is 109 cm³/mol. The Morgan fingerprint density at radius 1 is 1.14 bits per heavy atom. The summed E-state index contributed by atoms with van der Waals surface area (Å²) in [6, 6.07) is 0. The molecule has 29 heavy (non-hydrogen) atoms. The minimum atomic E-state index is -3.54. The van der Waals surface area contributed by atoms with Crippen LogP contribution < -0.4 is 10.5 Å². The lowest BCUT2D eigenvalue weighted by atomic mass is 10.1. The van der Waals surface area contributed by atoms with Crippen molar-refractivity contribution in [2.24, 2.45) is 23.0 Å². The van der Waals surface area contributed by atoms with E-state index in [4.69, 9.17) is 5.73 Å². The van der Waals surface area contributed by atoms with Gasteiger partial charge in [0.15, 0.2) is 0 Å². The van der Waals surface area contributed by atoms with Crippen LogP contribution in [0.15, 0.2) is 0 Å². The van der Waals surface area contributed by atoms with Gasteiger partial charge >= 0.3 is 5.97 Å². The molecule has 7 nitrogen and oxygen atoms in total. The van der Waals surface area contributed by atoms with Crippen LogP contribution in [0.25, 0.3) is 0 Å². The van der Waals surface area contributed by atoms with Gasteiger partial charge in [-0.3, -0.25) is 23.1 Å². The third-order valence-corrected chi connectivity index (χ3v) is 7.57. The van der Waals surface area contributed by atoms with Crippen molar-refractivity contribution in [3.05, 3.63) is 0 Å². The second kappa shape index (κ2) is 10.3. The van der Waals surface area contributed by atoms with Crippen LogP contribution in [0.2, 0.25) is 0 Å². The maximum Gasteiger partial charge on any atom is 0.311 e. The highest BCUT2D eigenvalue weighted by molar-refractivity contribution is 7.90. The summed E-state index contributed by atoms with van der Waals surface area (Å²) in [4.78, 5) is 22.7. The van der Waals surface area contributed by atoms with Crippen LogP contribution in [-0.4, -0.2) is 51.5 Å². The molecule has 0 saturated heterocycles. The van der Waals surface area contributed by atoms with Crippen LogP contribution in [0.5, 0.6) is 0 Å². The highest BCUT2D eigenvalue weighted by Gasteiger charge is 2.58. The number of alkyl halides is 2. The third kappa shape index (κ3) is 6.49. The lowest BCUT2D eigenvalue weighted by Crippen LogP contribution is -2.47. The SMILES string of the molecule is C.COC(=O)[C@@]1(C)C[C@H]1CCF.Cl.N[C@]1(C(=O)NS(=O)(=O)C2CC2)C[C@H]1CCF. The molecule has 0 spiro atoms. The fourth-order valence-corrected chi connectivity index (χ4v) is 4.66. The Morgan fingerprint density at radius 3 is 2.10 bits per heavy atom. The van der Waals surface area contributed by atoms with E-state index in [1.807, 2.05) is 11.6 Å². The van der Waals surface area contributed by atoms with Crippen LogP contribution >= 0.6 is 12.4 Å². The summed E-state index contributed by atoms with van der Waals surface area (Å²) >= 11 is 0. The number of carbonyl (C=O) groups excluding carboxylic acids is 2. The smallest absolute Gasteiger partial charge is 0.311 e. The van der Waals surface area contributed by atoms with Crippen LogP contribution in [0.3, 0.4) is 0 Å². The van der Waals surface area contributed by atoms with Gasteiger partial charge in [0.05, 0.1) is 36.7 Å². The molecule has 3 N–H and O–H groups in total. The number of sulfonamides is 1. The number of ether oxygens (including phenoxy) is 1. The summed E-state index contributed by atoms with van der Waals surface area (Å²) in [7, 11) is -2.17. The van der Waals surface area contributed by atoms with E-state index in [0.717, 1.165) is 6.42 Å². The van der Waals surface area contributed by atoms with Gasteiger partial charge < -0.3 is 10.5 Å². The Bertz CT molecular complexity index is 692. The average molecular weight is 463 g/mol. The van der Waals surface area contributed by atoms with E-state index in [9.17, 15) is 26.8 Å². The minimum Gasteiger partial charge on any atom is -0.469 e. The van der Waals surface area contributed by atoms with Crippen molar-refractivity contribution in [3.63, 3.8) is 0 Å². The van der Waals surface area contributed by atoms with Gasteiger partial charge in [0, 0.05) is 0 Å². The number of hydrogen-bond acceptors (Lipinski definition) is 6. The Hall–Kier alpha value is -1.00. The first-order valence-electron chi connectivity index (χ1n) is 9.10. The van der Waals surface area contributed by atoms with Crippen LogP contribution in [0.4, 0.5) is 8.78 Å². The average Bonchev–Trinajstić information content (AvgIpc) is 3.47. The summed E-state index contributed by atoms with van der Waals surface area (Å²) < 4.78 is 53.5. The largest absolute Gasteiger partial charge is 0.469 e. The minimum absolute atomic E-state index is 0. The molecule has 3 fully saturated rings. The predicted octanol–water partition coefficient (Wildman–Crippen LogP) is 2.27. The molecule has 11 heteroatoms. The molecule has 0 aromatic carbocycles. The number of methoxy groups -OCH3 is 1. The van der Waals surface area contributed by atoms with Gasteiger partial charge in [-0.2, -0.15) is 0 Å². The number of nitrogens with two attached hydrogens (primary N) is 1. The Labute approximate surface area is 178 Å². The maximum atomic E-state index is 12.1. The van der Waals surface area contributed by atoms with Gasteiger partial charge in [0.2, 0.25) is 10.0 Å². The Balaban J connectivity index is 0.000000537. The number of halogens is 3. The maximum absolute atomic E-state index is 12.1. The van der Waals surface area contributed by atoms with Gasteiger partial charge in [-0.15, -0.1) is 12.4 Å². The molecule has 1 amide bonds. The molecule has 0 heterocycles. The van der Waals surface area contributed by atoms with E-state index >= 15 is 0 Å². The van der Waals surface area contributed by atoms with Gasteiger partial charge in [-0.05, 0) is 57.3 Å². The van der Waals surface area contributed by atoms with Crippen LogP contribution in [0.1, 0.15) is 52.9 Å². The molecule has 3 rings (SSSR count). The molecule has 172 valence electrons. The summed E-state index contributed by atoms with van der Waals surface area (Å²) in [5, 5.41) is -0.446. The van der Waals surface area contributed by atoms with E-state index in [1.54, 1.807) is 0 Å². The number of nitrogens with one attached hydrogen (secondary N) is 1. The van der Waals surface area contributed by atoms with Gasteiger partial charge in [-0.25, -0.2) is 8.42 Å². The molecular formula is C18H33ClF2N2O5S. The Kier molecular flexibility index (Phi) is 9.99. The summed E-state index contributed by atoms with van der Waals surface area (Å²) in [5.74, 6) is -0.902. The first kappa shape index (κ1) is 28.0. The molecular weight excluding hydrogens is 430 g/mol. The fraction of sp³-hybridized carbons (Fsp3) is 0.889. The summed E-state index contributed by atoms with van der Waals surface area (Å²) in [5.41, 5.74) is 4.16. The molecule has 0 aromatic heterocycles. The molecule has 3 saturated carbocycles. The molecule has 3 aliphatic carbocycles. The van der Waals surface area contributed by atoms with E-state index in [0.29, 0.717) is 25.7 Å². The lowest BCUT2D eigenvalue weighted by molar-refractivity contribution is -0.147. The van der Waals surface area contributed by atoms with Crippen molar-refractivity contribution in [2.45, 2.75) is 63.7 Å². The zero-order valence-electron chi connectivity index (χ0n) is 16.1. The molecule has 0 unspecified atom stereocenters. The normalized spacial score (nSPS) is 31.8.